The van der Waals surface area contributed by atoms with Crippen LogP contribution in [0.5, 0.6) is 5.75 Å². The van der Waals surface area contributed by atoms with Crippen molar-refractivity contribution in [2.45, 2.75) is 95.5 Å². The van der Waals surface area contributed by atoms with E-state index in [1.165, 1.54) is 24.0 Å². The third kappa shape index (κ3) is 3.46. The lowest BCUT2D eigenvalue weighted by atomic mass is 9.51. The predicted molar refractivity (Wildman–Crippen MR) is 136 cm³/mol. The molecular weight excluding hydrogens is 436 g/mol. The Balaban J connectivity index is 1.22. The molecule has 0 saturated carbocycles. The summed E-state index contributed by atoms with van der Waals surface area (Å²) in [5, 5.41) is 20.7. The highest BCUT2D eigenvalue weighted by Crippen LogP contribution is 2.57. The van der Waals surface area contributed by atoms with E-state index in [4.69, 9.17) is 0 Å². The number of aliphatic hydroxyl groups excluding tert-OH is 1. The molecule has 0 aromatic heterocycles. The summed E-state index contributed by atoms with van der Waals surface area (Å²) in [5.41, 5.74) is 4.06. The van der Waals surface area contributed by atoms with E-state index in [0.29, 0.717) is 24.3 Å². The van der Waals surface area contributed by atoms with Gasteiger partial charge in [0.15, 0.2) is 0 Å². The first kappa shape index (κ1) is 23.1. The zero-order valence-electron chi connectivity index (χ0n) is 21.2. The number of likely N-dealkylation sites (tertiary alicyclic amines) is 1. The van der Waals surface area contributed by atoms with Crippen molar-refractivity contribution in [1.82, 2.24) is 9.80 Å². The average Bonchev–Trinajstić information content (AvgIpc) is 3.05. The highest BCUT2D eigenvalue weighted by molar-refractivity contribution is 5.94. The molecule has 3 saturated heterocycles. The second-order valence-electron chi connectivity index (χ2n) is 12.2. The number of carbonyl (C=O) groups is 1. The molecule has 5 nitrogen and oxygen atoms in total. The maximum atomic E-state index is 13.8. The first-order valence-electron chi connectivity index (χ1n) is 13.3. The number of fused-ring (bicyclic) bond motifs is 6. The van der Waals surface area contributed by atoms with Crippen LogP contribution in [0.4, 0.5) is 0 Å². The molecule has 5 heteroatoms. The summed E-state index contributed by atoms with van der Waals surface area (Å²) in [6.45, 7) is 8.51. The monoisotopic (exact) mass is 474 g/mol. The summed E-state index contributed by atoms with van der Waals surface area (Å²) in [5.74, 6) is 0.448. The number of benzene rings is 2. The lowest BCUT2D eigenvalue weighted by Gasteiger charge is -2.60. The average molecular weight is 475 g/mol. The second kappa shape index (κ2) is 8.07. The van der Waals surface area contributed by atoms with Crippen LogP contribution in [0.25, 0.3) is 0 Å². The maximum Gasteiger partial charge on any atom is 0.254 e. The van der Waals surface area contributed by atoms with Crippen molar-refractivity contribution in [2.75, 3.05) is 6.54 Å². The van der Waals surface area contributed by atoms with Gasteiger partial charge in [-0.2, -0.15) is 0 Å². The lowest BCUT2D eigenvalue weighted by Crippen LogP contribution is -2.64. The summed E-state index contributed by atoms with van der Waals surface area (Å²) in [4.78, 5) is 18.4. The number of phenols is 1. The number of hydrogen-bond donors (Lipinski definition) is 2. The standard InChI is InChI=1S/C30H38N2O3/c1-29(2)27-17-24-25(5-4-6-26(24)34)30(29,3)13-14-31(27)28(35)20-9-7-19(8-10-20)18-32-21-11-12-22(32)16-23(33)15-21/h4-10,21-23,27,33-34H,11-18H2,1-3H3/t21-,22+,23+,27-,30+/m1/s1. The molecule has 3 aliphatic heterocycles. The Hall–Kier alpha value is -2.37. The Morgan fingerprint density at radius 1 is 1.03 bits per heavy atom. The van der Waals surface area contributed by atoms with Gasteiger partial charge in [0.05, 0.1) is 6.10 Å². The number of nitrogens with zero attached hydrogens (tertiary/aromatic N) is 2. The molecule has 2 N–H and O–H groups in total. The minimum absolute atomic E-state index is 0.0460. The Morgan fingerprint density at radius 3 is 2.40 bits per heavy atom. The lowest BCUT2D eigenvalue weighted by molar-refractivity contribution is -0.0266. The van der Waals surface area contributed by atoms with Crippen LogP contribution >= 0.6 is 0 Å². The molecule has 186 valence electrons. The van der Waals surface area contributed by atoms with Crippen molar-refractivity contribution in [3.05, 3.63) is 64.7 Å². The molecule has 5 atom stereocenters. The van der Waals surface area contributed by atoms with E-state index in [1.54, 1.807) is 6.07 Å². The van der Waals surface area contributed by atoms with Gasteiger partial charge < -0.3 is 15.1 Å². The molecule has 3 fully saturated rings. The quantitative estimate of drug-likeness (QED) is 0.681. The van der Waals surface area contributed by atoms with Gasteiger partial charge in [-0.15, -0.1) is 0 Å². The molecule has 4 aliphatic rings. The molecule has 3 heterocycles. The smallest absolute Gasteiger partial charge is 0.254 e. The second-order valence-corrected chi connectivity index (χ2v) is 12.2. The molecule has 0 spiro atoms. The number of rotatable bonds is 3. The molecule has 4 bridgehead atoms. The molecular formula is C30H38N2O3. The number of carbonyl (C=O) groups excluding carboxylic acids is 1. The number of phenolic OH excluding ortho intramolecular Hbond substituents is 1. The third-order valence-electron chi connectivity index (χ3n) is 10.3. The van der Waals surface area contributed by atoms with Gasteiger partial charge in [-0.3, -0.25) is 9.69 Å². The third-order valence-corrected chi connectivity index (χ3v) is 10.3. The van der Waals surface area contributed by atoms with Crippen molar-refractivity contribution < 1.29 is 15.0 Å². The van der Waals surface area contributed by atoms with Crippen LogP contribution in [0.15, 0.2) is 42.5 Å². The van der Waals surface area contributed by atoms with Gasteiger partial charge >= 0.3 is 0 Å². The summed E-state index contributed by atoms with van der Waals surface area (Å²) >= 11 is 0. The van der Waals surface area contributed by atoms with Crippen LogP contribution < -0.4 is 0 Å². The minimum Gasteiger partial charge on any atom is -0.508 e. The largest absolute Gasteiger partial charge is 0.508 e. The normalized spacial score (nSPS) is 33.4. The molecule has 0 radical (unpaired) electrons. The van der Waals surface area contributed by atoms with Crippen LogP contribution in [-0.4, -0.2) is 56.7 Å². The van der Waals surface area contributed by atoms with Crippen molar-refractivity contribution in [3.63, 3.8) is 0 Å². The SMILES string of the molecule is CC1(C)[C@H]2Cc3c(O)cccc3[C@]1(C)CCN2C(=O)c1ccc(CN2[C@@H]3CC[C@H]2C[C@@H](O)C3)cc1. The fraction of sp³-hybridized carbons (Fsp3) is 0.567. The van der Waals surface area contributed by atoms with E-state index < -0.39 is 0 Å². The number of piperidine rings is 2. The zero-order valence-corrected chi connectivity index (χ0v) is 21.2. The van der Waals surface area contributed by atoms with E-state index in [0.717, 1.165) is 43.5 Å². The topological polar surface area (TPSA) is 64.0 Å². The zero-order chi connectivity index (χ0) is 24.5. The fourth-order valence-corrected chi connectivity index (χ4v) is 7.80. The number of aromatic hydroxyl groups is 1. The Bertz CT molecular complexity index is 1130. The van der Waals surface area contributed by atoms with E-state index in [1.807, 2.05) is 18.2 Å². The van der Waals surface area contributed by atoms with Crippen molar-refractivity contribution in [1.29, 1.82) is 0 Å². The summed E-state index contributed by atoms with van der Waals surface area (Å²) in [6.07, 6.45) is 5.57. The summed E-state index contributed by atoms with van der Waals surface area (Å²) < 4.78 is 0. The molecule has 35 heavy (non-hydrogen) atoms. The predicted octanol–water partition coefficient (Wildman–Crippen LogP) is 4.63. The van der Waals surface area contributed by atoms with Crippen LogP contribution in [0.1, 0.15) is 79.9 Å². The van der Waals surface area contributed by atoms with Gasteiger partial charge in [-0.1, -0.05) is 45.0 Å². The minimum atomic E-state index is -0.145. The van der Waals surface area contributed by atoms with E-state index in [2.05, 4.69) is 48.8 Å². The van der Waals surface area contributed by atoms with Crippen LogP contribution in [-0.2, 0) is 18.4 Å². The van der Waals surface area contributed by atoms with E-state index in [9.17, 15) is 15.0 Å². The van der Waals surface area contributed by atoms with Gasteiger partial charge in [-0.05, 0) is 78.8 Å². The number of aliphatic hydroxyl groups is 1. The van der Waals surface area contributed by atoms with Gasteiger partial charge in [0, 0.05) is 42.2 Å². The first-order chi connectivity index (χ1) is 16.7. The van der Waals surface area contributed by atoms with Crippen LogP contribution in [0.3, 0.4) is 0 Å². The summed E-state index contributed by atoms with van der Waals surface area (Å²) in [6, 6.07) is 15.1. The van der Waals surface area contributed by atoms with E-state index >= 15 is 0 Å². The van der Waals surface area contributed by atoms with E-state index in [-0.39, 0.29) is 28.9 Å². The molecule has 2 aromatic rings. The van der Waals surface area contributed by atoms with Gasteiger partial charge in [0.25, 0.3) is 5.91 Å². The van der Waals surface area contributed by atoms with Crippen molar-refractivity contribution in [2.24, 2.45) is 5.41 Å². The Kier molecular flexibility index (Phi) is 5.32. The van der Waals surface area contributed by atoms with Crippen LogP contribution in [0, 0.1) is 5.41 Å². The first-order valence-corrected chi connectivity index (χ1v) is 13.3. The molecule has 1 aliphatic carbocycles. The van der Waals surface area contributed by atoms with Crippen molar-refractivity contribution in [3.8, 4) is 5.75 Å². The number of hydrogen-bond acceptors (Lipinski definition) is 4. The summed E-state index contributed by atoms with van der Waals surface area (Å²) in [7, 11) is 0. The Labute approximate surface area is 208 Å². The number of amides is 1. The highest BCUT2D eigenvalue weighted by Gasteiger charge is 2.57. The maximum absolute atomic E-state index is 13.8. The highest BCUT2D eigenvalue weighted by atomic mass is 16.3. The Morgan fingerprint density at radius 2 is 1.71 bits per heavy atom. The van der Waals surface area contributed by atoms with Gasteiger partial charge in [0.2, 0.25) is 0 Å². The van der Waals surface area contributed by atoms with Gasteiger partial charge in [-0.25, -0.2) is 0 Å². The van der Waals surface area contributed by atoms with Crippen molar-refractivity contribution >= 4 is 5.91 Å². The molecule has 1 amide bonds. The molecule has 2 aromatic carbocycles. The fourth-order valence-electron chi connectivity index (χ4n) is 7.80. The molecule has 6 rings (SSSR count). The van der Waals surface area contributed by atoms with Crippen LogP contribution in [0.2, 0.25) is 0 Å². The molecule has 0 unspecified atom stereocenters. The van der Waals surface area contributed by atoms with Gasteiger partial charge in [0.1, 0.15) is 5.75 Å².